The van der Waals surface area contributed by atoms with Crippen molar-refractivity contribution in [3.63, 3.8) is 0 Å². The van der Waals surface area contributed by atoms with Crippen LogP contribution in [0.4, 0.5) is 0 Å². The molecule has 0 spiro atoms. The number of rotatable bonds is 1. The smallest absolute Gasteiger partial charge is 0.260 e. The first-order valence-electron chi connectivity index (χ1n) is 3.34. The summed E-state index contributed by atoms with van der Waals surface area (Å²) >= 11 is 4.13. The van der Waals surface area contributed by atoms with Crippen molar-refractivity contribution < 1.29 is 9.21 Å². The van der Waals surface area contributed by atoms with Gasteiger partial charge in [-0.1, -0.05) is 0 Å². The Hall–Kier alpha value is -1.29. The number of carbonyl (C=O) groups is 1. The van der Waals surface area contributed by atoms with Gasteiger partial charge in [0.15, 0.2) is 5.58 Å². The van der Waals surface area contributed by atoms with Crippen molar-refractivity contribution in [2.75, 3.05) is 0 Å². The lowest BCUT2D eigenvalue weighted by Crippen LogP contribution is -1.74. The number of thiol groups is 1. The van der Waals surface area contributed by atoms with Crippen molar-refractivity contribution >= 4 is 30.0 Å². The summed E-state index contributed by atoms with van der Waals surface area (Å²) in [6.45, 7) is 0. The molecule has 3 nitrogen and oxygen atoms in total. The van der Waals surface area contributed by atoms with Crippen LogP contribution < -0.4 is 0 Å². The number of aromatic nitrogens is 1. The molecule has 0 atom stereocenters. The van der Waals surface area contributed by atoms with E-state index in [0.29, 0.717) is 17.4 Å². The quantitative estimate of drug-likeness (QED) is 0.537. The van der Waals surface area contributed by atoms with Crippen LogP contribution in [0.2, 0.25) is 0 Å². The highest BCUT2D eigenvalue weighted by atomic mass is 32.1. The monoisotopic (exact) mass is 179 g/mol. The molecule has 4 heteroatoms. The highest BCUT2D eigenvalue weighted by Gasteiger charge is 2.03. The van der Waals surface area contributed by atoms with Crippen LogP contribution in [0.25, 0.3) is 11.1 Å². The van der Waals surface area contributed by atoms with Gasteiger partial charge in [-0.15, -0.1) is 12.6 Å². The SMILES string of the molecule is O=Cc1nc2cc(S)ccc2o1. The molecule has 60 valence electrons. The van der Waals surface area contributed by atoms with Gasteiger partial charge in [-0.25, -0.2) is 4.98 Å². The first-order valence-corrected chi connectivity index (χ1v) is 3.79. The average Bonchev–Trinajstić information content (AvgIpc) is 2.46. The number of hydrogen-bond acceptors (Lipinski definition) is 4. The summed E-state index contributed by atoms with van der Waals surface area (Å²) in [5.74, 6) is 0.101. The van der Waals surface area contributed by atoms with Crippen LogP contribution in [0.15, 0.2) is 27.5 Å². The van der Waals surface area contributed by atoms with E-state index in [-0.39, 0.29) is 5.89 Å². The molecule has 0 aliphatic carbocycles. The normalized spacial score (nSPS) is 10.4. The van der Waals surface area contributed by atoms with Crippen molar-refractivity contribution in [1.29, 1.82) is 0 Å². The highest BCUT2D eigenvalue weighted by Crippen LogP contribution is 2.17. The number of nitrogens with zero attached hydrogens (tertiary/aromatic N) is 1. The predicted octanol–water partition coefficient (Wildman–Crippen LogP) is 1.93. The number of hydrogen-bond donors (Lipinski definition) is 1. The van der Waals surface area contributed by atoms with E-state index in [9.17, 15) is 4.79 Å². The Balaban J connectivity index is 2.75. The van der Waals surface area contributed by atoms with Crippen molar-refractivity contribution in [3.05, 3.63) is 24.1 Å². The van der Waals surface area contributed by atoms with Gasteiger partial charge in [0.05, 0.1) is 0 Å². The van der Waals surface area contributed by atoms with Crippen molar-refractivity contribution in [2.45, 2.75) is 4.90 Å². The number of carbonyl (C=O) groups excluding carboxylic acids is 1. The Labute approximate surface area is 73.8 Å². The molecule has 0 N–H and O–H groups in total. The second kappa shape index (κ2) is 2.64. The van der Waals surface area contributed by atoms with Crippen LogP contribution in [-0.2, 0) is 0 Å². The van der Waals surface area contributed by atoms with Crippen LogP contribution >= 0.6 is 12.6 Å². The molecule has 0 aliphatic rings. The molecule has 0 saturated heterocycles. The zero-order chi connectivity index (χ0) is 8.55. The third kappa shape index (κ3) is 1.10. The van der Waals surface area contributed by atoms with Crippen LogP contribution in [-0.4, -0.2) is 11.3 Å². The fourth-order valence-electron chi connectivity index (χ4n) is 0.984. The van der Waals surface area contributed by atoms with Gasteiger partial charge in [0, 0.05) is 4.90 Å². The minimum atomic E-state index is 0.101. The fourth-order valence-corrected chi connectivity index (χ4v) is 1.18. The van der Waals surface area contributed by atoms with E-state index in [2.05, 4.69) is 17.6 Å². The average molecular weight is 179 g/mol. The van der Waals surface area contributed by atoms with E-state index in [0.717, 1.165) is 4.90 Å². The lowest BCUT2D eigenvalue weighted by atomic mass is 10.3. The maximum Gasteiger partial charge on any atom is 0.260 e. The summed E-state index contributed by atoms with van der Waals surface area (Å²) in [6.07, 6.45) is 0.582. The summed E-state index contributed by atoms with van der Waals surface area (Å²) in [6, 6.07) is 5.26. The molecule has 0 radical (unpaired) electrons. The summed E-state index contributed by atoms with van der Waals surface area (Å²) in [5, 5.41) is 0. The molecule has 0 unspecified atom stereocenters. The Bertz CT molecular complexity index is 436. The molecule has 1 heterocycles. The molecule has 2 rings (SSSR count). The lowest BCUT2D eigenvalue weighted by molar-refractivity contribution is 0.109. The topological polar surface area (TPSA) is 43.1 Å². The molecule has 12 heavy (non-hydrogen) atoms. The number of oxazole rings is 1. The maximum absolute atomic E-state index is 10.3. The first kappa shape index (κ1) is 7.36. The van der Waals surface area contributed by atoms with E-state index in [1.165, 1.54) is 0 Å². The molecule has 0 bridgehead atoms. The molecule has 2 aromatic rings. The van der Waals surface area contributed by atoms with E-state index in [1.54, 1.807) is 18.2 Å². The summed E-state index contributed by atoms with van der Waals surface area (Å²) in [4.78, 5) is 15.0. The summed E-state index contributed by atoms with van der Waals surface area (Å²) < 4.78 is 5.06. The molecule has 1 aromatic carbocycles. The van der Waals surface area contributed by atoms with Gasteiger partial charge < -0.3 is 4.42 Å². The Morgan fingerprint density at radius 2 is 2.33 bits per heavy atom. The van der Waals surface area contributed by atoms with Crippen LogP contribution in [0, 0.1) is 0 Å². The van der Waals surface area contributed by atoms with Gasteiger partial charge in [0.2, 0.25) is 6.29 Å². The summed E-state index contributed by atoms with van der Waals surface area (Å²) in [7, 11) is 0. The minimum absolute atomic E-state index is 0.101. The summed E-state index contributed by atoms with van der Waals surface area (Å²) in [5.41, 5.74) is 1.26. The van der Waals surface area contributed by atoms with Crippen molar-refractivity contribution in [1.82, 2.24) is 4.98 Å². The van der Waals surface area contributed by atoms with Gasteiger partial charge in [-0.05, 0) is 18.2 Å². The third-order valence-corrected chi connectivity index (χ3v) is 1.77. The second-order valence-corrected chi connectivity index (χ2v) is 2.84. The van der Waals surface area contributed by atoms with Gasteiger partial charge in [-0.3, -0.25) is 4.79 Å². The third-order valence-electron chi connectivity index (χ3n) is 1.49. The van der Waals surface area contributed by atoms with E-state index < -0.39 is 0 Å². The molecule has 1 aromatic heterocycles. The molecule has 0 saturated carbocycles. The molecule has 0 amide bonds. The maximum atomic E-state index is 10.3. The molecule has 0 aliphatic heterocycles. The van der Waals surface area contributed by atoms with Gasteiger partial charge in [0.25, 0.3) is 5.89 Å². The lowest BCUT2D eigenvalue weighted by Gasteiger charge is -1.86. The highest BCUT2D eigenvalue weighted by molar-refractivity contribution is 7.80. The Morgan fingerprint density at radius 1 is 1.50 bits per heavy atom. The van der Waals surface area contributed by atoms with Gasteiger partial charge in [0.1, 0.15) is 5.52 Å². The van der Waals surface area contributed by atoms with E-state index in [1.807, 2.05) is 0 Å². The predicted molar refractivity (Wildman–Crippen MR) is 46.6 cm³/mol. The zero-order valence-electron chi connectivity index (χ0n) is 6.02. The molecule has 0 fully saturated rings. The van der Waals surface area contributed by atoms with Gasteiger partial charge >= 0.3 is 0 Å². The van der Waals surface area contributed by atoms with Crippen LogP contribution in [0.3, 0.4) is 0 Å². The Morgan fingerprint density at radius 3 is 3.08 bits per heavy atom. The molecular formula is C8H5NO2S. The largest absolute Gasteiger partial charge is 0.434 e. The number of aldehydes is 1. The van der Waals surface area contributed by atoms with Crippen LogP contribution in [0.5, 0.6) is 0 Å². The molecular weight excluding hydrogens is 174 g/mol. The number of fused-ring (bicyclic) bond motifs is 1. The first-order chi connectivity index (χ1) is 5.79. The second-order valence-electron chi connectivity index (χ2n) is 2.32. The Kier molecular flexibility index (Phi) is 1.62. The van der Waals surface area contributed by atoms with E-state index >= 15 is 0 Å². The van der Waals surface area contributed by atoms with Crippen molar-refractivity contribution in [3.8, 4) is 0 Å². The van der Waals surface area contributed by atoms with E-state index in [4.69, 9.17) is 4.42 Å². The van der Waals surface area contributed by atoms with Crippen LogP contribution in [0.1, 0.15) is 10.7 Å². The fraction of sp³-hybridized carbons (Fsp3) is 0. The van der Waals surface area contributed by atoms with Crippen molar-refractivity contribution in [2.24, 2.45) is 0 Å². The minimum Gasteiger partial charge on any atom is -0.434 e. The zero-order valence-corrected chi connectivity index (χ0v) is 6.91. The number of benzene rings is 1. The van der Waals surface area contributed by atoms with Gasteiger partial charge in [-0.2, -0.15) is 0 Å². The standard InChI is InChI=1S/C8H5NO2S/c10-4-8-9-6-3-5(12)1-2-7(6)11-8/h1-4,12H.